The van der Waals surface area contributed by atoms with Gasteiger partial charge in [-0.2, -0.15) is 0 Å². The normalized spacial score (nSPS) is 19.2. The highest BCUT2D eigenvalue weighted by atomic mass is 16.3. The predicted octanol–water partition coefficient (Wildman–Crippen LogP) is 2.85. The Kier molecular flexibility index (Phi) is 4.32. The van der Waals surface area contributed by atoms with Gasteiger partial charge >= 0.3 is 6.03 Å². The summed E-state index contributed by atoms with van der Waals surface area (Å²) in [5, 5.41) is 12.6. The number of para-hydroxylation sites is 2. The first-order valence-electron chi connectivity index (χ1n) is 8.85. The number of carbonyl (C=O) groups is 1. The summed E-state index contributed by atoms with van der Waals surface area (Å²) in [6.45, 7) is 2.79. The third-order valence-electron chi connectivity index (χ3n) is 5.05. The minimum atomic E-state index is -0.401. The summed E-state index contributed by atoms with van der Waals surface area (Å²) in [6.07, 6.45) is 1.32. The third kappa shape index (κ3) is 3.33. The summed E-state index contributed by atoms with van der Waals surface area (Å²) >= 11 is 0. The van der Waals surface area contributed by atoms with Gasteiger partial charge in [-0.3, -0.25) is 0 Å². The lowest BCUT2D eigenvalue weighted by Crippen LogP contribution is -2.34. The van der Waals surface area contributed by atoms with Crippen LogP contribution in [0.4, 0.5) is 16.2 Å². The van der Waals surface area contributed by atoms with Crippen molar-refractivity contribution in [3.05, 3.63) is 59.7 Å². The van der Waals surface area contributed by atoms with E-state index in [4.69, 9.17) is 0 Å². The van der Waals surface area contributed by atoms with Crippen molar-refractivity contribution in [3.63, 3.8) is 0 Å². The van der Waals surface area contributed by atoms with E-state index in [0.29, 0.717) is 19.5 Å². The van der Waals surface area contributed by atoms with Crippen molar-refractivity contribution >= 4 is 17.4 Å². The molecule has 0 aromatic heterocycles. The van der Waals surface area contributed by atoms with E-state index in [9.17, 15) is 9.90 Å². The average molecular weight is 337 g/mol. The summed E-state index contributed by atoms with van der Waals surface area (Å²) in [7, 11) is 0. The lowest BCUT2D eigenvalue weighted by atomic mass is 10.1. The maximum absolute atomic E-state index is 12.4. The van der Waals surface area contributed by atoms with Crippen LogP contribution in [-0.4, -0.2) is 41.8 Å². The summed E-state index contributed by atoms with van der Waals surface area (Å²) in [5.74, 6) is 0. The molecule has 0 radical (unpaired) electrons. The fraction of sp³-hybridized carbons (Fsp3) is 0.350. The number of fused-ring (bicyclic) bond motifs is 1. The Morgan fingerprint density at radius 2 is 1.92 bits per heavy atom. The molecule has 130 valence electrons. The number of amides is 2. The number of benzene rings is 2. The van der Waals surface area contributed by atoms with Crippen molar-refractivity contribution in [2.75, 3.05) is 29.9 Å². The standard InChI is InChI=1S/C20H23N3O2/c24-17-10-12-23(14-17)20(25)21-18-7-3-1-6-16(18)13-22-11-9-15-5-2-4-8-19(15)22/h1-8,17,24H,9-14H2,(H,21,25)/t17-/m1/s1. The molecule has 1 atom stereocenters. The van der Waals surface area contributed by atoms with Crippen LogP contribution in [0, 0.1) is 0 Å². The molecule has 2 aromatic rings. The first kappa shape index (κ1) is 16.0. The molecule has 0 spiro atoms. The van der Waals surface area contributed by atoms with Crippen molar-refractivity contribution < 1.29 is 9.90 Å². The van der Waals surface area contributed by atoms with Crippen molar-refractivity contribution in [2.24, 2.45) is 0 Å². The van der Waals surface area contributed by atoms with Crippen molar-refractivity contribution in [2.45, 2.75) is 25.5 Å². The fourth-order valence-electron chi connectivity index (χ4n) is 3.68. The van der Waals surface area contributed by atoms with Crippen LogP contribution in [0.3, 0.4) is 0 Å². The Morgan fingerprint density at radius 1 is 1.12 bits per heavy atom. The summed E-state index contributed by atoms with van der Waals surface area (Å²) in [5.41, 5.74) is 4.62. The smallest absolute Gasteiger partial charge is 0.321 e. The van der Waals surface area contributed by atoms with Gasteiger partial charge in [0.1, 0.15) is 0 Å². The van der Waals surface area contributed by atoms with Crippen LogP contribution in [-0.2, 0) is 13.0 Å². The molecule has 5 nitrogen and oxygen atoms in total. The van der Waals surface area contributed by atoms with Gasteiger partial charge in [-0.15, -0.1) is 0 Å². The fourth-order valence-corrected chi connectivity index (χ4v) is 3.68. The largest absolute Gasteiger partial charge is 0.391 e. The molecule has 1 fully saturated rings. The van der Waals surface area contributed by atoms with Crippen LogP contribution in [0.1, 0.15) is 17.5 Å². The van der Waals surface area contributed by atoms with Gasteiger partial charge in [0, 0.05) is 37.6 Å². The quantitative estimate of drug-likeness (QED) is 0.905. The highest BCUT2D eigenvalue weighted by Crippen LogP contribution is 2.30. The molecule has 2 aliphatic rings. The van der Waals surface area contributed by atoms with Gasteiger partial charge in [-0.05, 0) is 36.1 Å². The Morgan fingerprint density at radius 3 is 2.76 bits per heavy atom. The number of rotatable bonds is 3. The zero-order valence-electron chi connectivity index (χ0n) is 14.2. The molecule has 2 aliphatic heterocycles. The number of carbonyl (C=O) groups excluding carboxylic acids is 1. The summed E-state index contributed by atoms with van der Waals surface area (Å²) in [4.78, 5) is 16.5. The maximum Gasteiger partial charge on any atom is 0.321 e. The number of aliphatic hydroxyl groups excluding tert-OH is 1. The lowest BCUT2D eigenvalue weighted by Gasteiger charge is -2.23. The van der Waals surface area contributed by atoms with Crippen LogP contribution < -0.4 is 10.2 Å². The lowest BCUT2D eigenvalue weighted by molar-refractivity contribution is 0.176. The molecule has 2 aromatic carbocycles. The van der Waals surface area contributed by atoms with Crippen LogP contribution in [0.25, 0.3) is 0 Å². The molecule has 2 N–H and O–H groups in total. The molecule has 1 saturated heterocycles. The SMILES string of the molecule is O=C(Nc1ccccc1CN1CCc2ccccc21)N1CC[C@@H](O)C1. The van der Waals surface area contributed by atoms with Gasteiger partial charge in [-0.25, -0.2) is 4.79 Å². The molecule has 0 unspecified atom stereocenters. The van der Waals surface area contributed by atoms with Crippen molar-refractivity contribution in [1.29, 1.82) is 0 Å². The average Bonchev–Trinajstić information content (AvgIpc) is 3.23. The number of anilines is 2. The second-order valence-corrected chi connectivity index (χ2v) is 6.78. The number of aliphatic hydroxyl groups is 1. The van der Waals surface area contributed by atoms with Crippen molar-refractivity contribution in [1.82, 2.24) is 4.90 Å². The second kappa shape index (κ2) is 6.76. The molecule has 0 saturated carbocycles. The van der Waals surface area contributed by atoms with E-state index in [1.54, 1.807) is 4.90 Å². The van der Waals surface area contributed by atoms with E-state index in [0.717, 1.165) is 30.8 Å². The van der Waals surface area contributed by atoms with E-state index in [-0.39, 0.29) is 6.03 Å². The molecule has 4 rings (SSSR count). The Labute approximate surface area is 147 Å². The van der Waals surface area contributed by atoms with E-state index in [1.165, 1.54) is 11.3 Å². The van der Waals surface area contributed by atoms with E-state index in [1.807, 2.05) is 18.2 Å². The molecule has 25 heavy (non-hydrogen) atoms. The minimum Gasteiger partial charge on any atom is -0.391 e. The van der Waals surface area contributed by atoms with Gasteiger partial charge in [0.15, 0.2) is 0 Å². The number of nitrogens with zero attached hydrogens (tertiary/aromatic N) is 2. The monoisotopic (exact) mass is 337 g/mol. The van der Waals surface area contributed by atoms with Gasteiger partial charge in [0.2, 0.25) is 0 Å². The molecular weight excluding hydrogens is 314 g/mol. The van der Waals surface area contributed by atoms with Crippen LogP contribution in [0.5, 0.6) is 0 Å². The minimum absolute atomic E-state index is 0.133. The highest BCUT2D eigenvalue weighted by molar-refractivity contribution is 5.90. The molecule has 0 bridgehead atoms. The van der Waals surface area contributed by atoms with Gasteiger partial charge in [0.25, 0.3) is 0 Å². The first-order valence-corrected chi connectivity index (χ1v) is 8.85. The summed E-state index contributed by atoms with van der Waals surface area (Å²) < 4.78 is 0. The molecule has 0 aliphatic carbocycles. The Bertz CT molecular complexity index is 777. The molecule has 5 heteroatoms. The van der Waals surface area contributed by atoms with Gasteiger partial charge < -0.3 is 20.2 Å². The highest BCUT2D eigenvalue weighted by Gasteiger charge is 2.25. The molecule has 2 heterocycles. The summed E-state index contributed by atoms with van der Waals surface area (Å²) in [6, 6.07) is 16.3. The van der Waals surface area contributed by atoms with E-state index in [2.05, 4.69) is 40.5 Å². The van der Waals surface area contributed by atoms with Crippen molar-refractivity contribution in [3.8, 4) is 0 Å². The van der Waals surface area contributed by atoms with Crippen LogP contribution in [0.15, 0.2) is 48.5 Å². The Balaban J connectivity index is 1.49. The number of nitrogens with one attached hydrogen (secondary N) is 1. The van der Waals surface area contributed by atoms with Crippen LogP contribution >= 0.6 is 0 Å². The van der Waals surface area contributed by atoms with Gasteiger partial charge in [0.05, 0.1) is 6.10 Å². The zero-order chi connectivity index (χ0) is 17.2. The topological polar surface area (TPSA) is 55.8 Å². The molecular formula is C20H23N3O2. The van der Waals surface area contributed by atoms with E-state index >= 15 is 0 Å². The Hall–Kier alpha value is -2.53. The zero-order valence-corrected chi connectivity index (χ0v) is 14.2. The second-order valence-electron chi connectivity index (χ2n) is 6.78. The molecule has 2 amide bonds. The maximum atomic E-state index is 12.4. The number of β-amino-alcohol motifs (C(OH)–C–C–N with tert-alkyl or cyclic N) is 1. The first-order chi connectivity index (χ1) is 12.2. The number of likely N-dealkylation sites (tertiary alicyclic amines) is 1. The number of hydrogen-bond donors (Lipinski definition) is 2. The third-order valence-corrected chi connectivity index (χ3v) is 5.05. The van der Waals surface area contributed by atoms with Gasteiger partial charge in [-0.1, -0.05) is 36.4 Å². The van der Waals surface area contributed by atoms with E-state index < -0.39 is 6.10 Å². The number of hydrogen-bond acceptors (Lipinski definition) is 3. The number of urea groups is 1. The van der Waals surface area contributed by atoms with Crippen LogP contribution in [0.2, 0.25) is 0 Å². The predicted molar refractivity (Wildman–Crippen MR) is 98.9 cm³/mol.